The number of pyridine rings is 1. The normalized spacial score (nSPS) is 22.2. The highest BCUT2D eigenvalue weighted by Crippen LogP contribution is 2.24. The molecule has 2 unspecified atom stereocenters. The molecule has 0 aliphatic carbocycles. The summed E-state index contributed by atoms with van der Waals surface area (Å²) in [5.41, 5.74) is 1.09. The predicted molar refractivity (Wildman–Crippen MR) is 122 cm³/mol. The zero-order valence-electron chi connectivity index (χ0n) is 17.1. The Hall–Kier alpha value is -1.58. The Balaban J connectivity index is 0.00000280. The van der Waals surface area contributed by atoms with Gasteiger partial charge in [-0.25, -0.2) is 9.98 Å². The van der Waals surface area contributed by atoms with E-state index in [1.165, 1.54) is 20.0 Å². The average molecular weight is 501 g/mol. The summed E-state index contributed by atoms with van der Waals surface area (Å²) in [5.74, 6) is 1.92. The number of halogens is 1. The van der Waals surface area contributed by atoms with Gasteiger partial charge in [0.2, 0.25) is 0 Å². The minimum absolute atomic E-state index is 0. The number of rotatable bonds is 5. The van der Waals surface area contributed by atoms with Crippen molar-refractivity contribution < 1.29 is 9.53 Å². The molecule has 8 heteroatoms. The largest absolute Gasteiger partial charge is 0.469 e. The molecule has 2 aliphatic rings. The second-order valence-corrected chi connectivity index (χ2v) is 7.40. The summed E-state index contributed by atoms with van der Waals surface area (Å²) in [4.78, 5) is 25.8. The van der Waals surface area contributed by atoms with Gasteiger partial charge < -0.3 is 19.9 Å². The van der Waals surface area contributed by atoms with Crippen LogP contribution in [0.1, 0.15) is 32.3 Å². The highest BCUT2D eigenvalue weighted by Gasteiger charge is 2.36. The van der Waals surface area contributed by atoms with E-state index in [2.05, 4.69) is 46.1 Å². The molecule has 7 nitrogen and oxygen atoms in total. The van der Waals surface area contributed by atoms with Crippen LogP contribution >= 0.6 is 24.0 Å². The molecule has 3 heterocycles. The number of esters is 1. The Morgan fingerprint density at radius 1 is 1.32 bits per heavy atom. The molecular formula is C20H32IN5O2. The van der Waals surface area contributed by atoms with Crippen molar-refractivity contribution in [3.63, 3.8) is 0 Å². The molecule has 1 N–H and O–H groups in total. The number of hydrogen-bond acceptors (Lipinski definition) is 5. The van der Waals surface area contributed by atoms with E-state index in [-0.39, 0.29) is 41.8 Å². The van der Waals surface area contributed by atoms with Gasteiger partial charge >= 0.3 is 5.97 Å². The van der Waals surface area contributed by atoms with Crippen molar-refractivity contribution in [1.82, 2.24) is 15.2 Å². The Kier molecular flexibility index (Phi) is 8.78. The van der Waals surface area contributed by atoms with Crippen LogP contribution in [0.5, 0.6) is 0 Å². The topological polar surface area (TPSA) is 70.1 Å². The summed E-state index contributed by atoms with van der Waals surface area (Å²) in [6.07, 6.45) is 4.42. The van der Waals surface area contributed by atoms with E-state index in [9.17, 15) is 4.79 Å². The minimum Gasteiger partial charge on any atom is -0.469 e. The van der Waals surface area contributed by atoms with Gasteiger partial charge in [-0.1, -0.05) is 13.0 Å². The lowest BCUT2D eigenvalue weighted by Gasteiger charge is -2.21. The van der Waals surface area contributed by atoms with Crippen LogP contribution in [0.25, 0.3) is 0 Å². The molecule has 156 valence electrons. The molecule has 0 radical (unpaired) electrons. The third-order valence-electron chi connectivity index (χ3n) is 5.40. The first-order valence-corrected chi connectivity index (χ1v) is 9.93. The molecule has 3 rings (SSSR count). The number of guanidine groups is 1. The van der Waals surface area contributed by atoms with Crippen LogP contribution in [0.4, 0.5) is 5.82 Å². The molecule has 2 atom stereocenters. The van der Waals surface area contributed by atoms with E-state index < -0.39 is 0 Å². The maximum atomic E-state index is 11.9. The molecule has 2 saturated heterocycles. The van der Waals surface area contributed by atoms with E-state index in [4.69, 9.17) is 9.73 Å². The van der Waals surface area contributed by atoms with Crippen molar-refractivity contribution in [3.05, 3.63) is 23.9 Å². The van der Waals surface area contributed by atoms with Crippen LogP contribution in [0.3, 0.4) is 0 Å². The molecule has 0 aromatic carbocycles. The van der Waals surface area contributed by atoms with E-state index in [1.807, 2.05) is 6.20 Å². The third kappa shape index (κ3) is 5.48. The summed E-state index contributed by atoms with van der Waals surface area (Å²) in [6, 6.07) is 4.20. The lowest BCUT2D eigenvalue weighted by molar-refractivity contribution is -0.145. The van der Waals surface area contributed by atoms with Crippen molar-refractivity contribution in [1.29, 1.82) is 0 Å². The van der Waals surface area contributed by atoms with Crippen molar-refractivity contribution in [2.75, 3.05) is 44.7 Å². The molecule has 1 aromatic heterocycles. The van der Waals surface area contributed by atoms with Gasteiger partial charge in [0.25, 0.3) is 0 Å². The molecule has 2 aliphatic heterocycles. The number of methoxy groups -OCH3 is 1. The number of ether oxygens (including phenoxy) is 1. The summed E-state index contributed by atoms with van der Waals surface area (Å²) in [6.45, 7) is 9.16. The predicted octanol–water partition coefficient (Wildman–Crippen LogP) is 2.51. The Bertz CT molecular complexity index is 661. The number of carbonyl (C=O) groups is 1. The molecule has 0 amide bonds. The maximum Gasteiger partial charge on any atom is 0.310 e. The Labute approximate surface area is 184 Å². The molecule has 1 aromatic rings. The van der Waals surface area contributed by atoms with Crippen LogP contribution < -0.4 is 10.2 Å². The first kappa shape index (κ1) is 22.7. The number of likely N-dealkylation sites (tertiary alicyclic amines) is 1. The van der Waals surface area contributed by atoms with E-state index in [0.717, 1.165) is 43.5 Å². The molecule has 28 heavy (non-hydrogen) atoms. The number of hydrogen-bond donors (Lipinski definition) is 1. The summed E-state index contributed by atoms with van der Waals surface area (Å²) >= 11 is 0. The number of carbonyl (C=O) groups excluding carboxylic acids is 1. The summed E-state index contributed by atoms with van der Waals surface area (Å²) in [7, 11) is 1.45. The van der Waals surface area contributed by atoms with Gasteiger partial charge in [-0.05, 0) is 37.3 Å². The summed E-state index contributed by atoms with van der Waals surface area (Å²) < 4.78 is 4.94. The first-order valence-electron chi connectivity index (χ1n) is 9.93. The highest BCUT2D eigenvalue weighted by atomic mass is 127. The SMILES string of the molecule is CCNC(=NCc1ccc(N2CCCC2)nc1)N1CC(C)C(C(=O)OC)C1.I. The molecular weight excluding hydrogens is 469 g/mol. The smallest absolute Gasteiger partial charge is 0.310 e. The molecule has 2 fully saturated rings. The fraction of sp³-hybridized carbons (Fsp3) is 0.650. The van der Waals surface area contributed by atoms with Gasteiger partial charge in [-0.15, -0.1) is 24.0 Å². The Morgan fingerprint density at radius 3 is 2.68 bits per heavy atom. The third-order valence-corrected chi connectivity index (χ3v) is 5.40. The maximum absolute atomic E-state index is 11.9. The molecule has 0 saturated carbocycles. The van der Waals surface area contributed by atoms with E-state index >= 15 is 0 Å². The van der Waals surface area contributed by atoms with Crippen molar-refractivity contribution >= 4 is 41.7 Å². The lowest BCUT2D eigenvalue weighted by Crippen LogP contribution is -2.40. The molecule has 0 bridgehead atoms. The van der Waals surface area contributed by atoms with Gasteiger partial charge in [0.1, 0.15) is 5.82 Å². The fourth-order valence-electron chi connectivity index (χ4n) is 3.83. The summed E-state index contributed by atoms with van der Waals surface area (Å²) in [5, 5.41) is 3.34. The van der Waals surface area contributed by atoms with Crippen molar-refractivity contribution in [3.8, 4) is 0 Å². The fourth-order valence-corrected chi connectivity index (χ4v) is 3.83. The van der Waals surface area contributed by atoms with Crippen molar-refractivity contribution in [2.45, 2.75) is 33.2 Å². The zero-order chi connectivity index (χ0) is 19.2. The monoisotopic (exact) mass is 501 g/mol. The first-order chi connectivity index (χ1) is 13.1. The second-order valence-electron chi connectivity index (χ2n) is 7.40. The van der Waals surface area contributed by atoms with Gasteiger partial charge in [0.15, 0.2) is 5.96 Å². The zero-order valence-corrected chi connectivity index (χ0v) is 19.4. The second kappa shape index (κ2) is 10.8. The van der Waals surface area contributed by atoms with Crippen LogP contribution in [0.15, 0.2) is 23.3 Å². The number of anilines is 1. The van der Waals surface area contributed by atoms with E-state index in [0.29, 0.717) is 13.1 Å². The number of aromatic nitrogens is 1. The van der Waals surface area contributed by atoms with Crippen LogP contribution in [-0.4, -0.2) is 61.6 Å². The van der Waals surface area contributed by atoms with Crippen LogP contribution in [0, 0.1) is 11.8 Å². The lowest BCUT2D eigenvalue weighted by atomic mass is 9.99. The van der Waals surface area contributed by atoms with Gasteiger partial charge in [-0.3, -0.25) is 4.79 Å². The van der Waals surface area contributed by atoms with E-state index in [1.54, 1.807) is 0 Å². The minimum atomic E-state index is -0.137. The highest BCUT2D eigenvalue weighted by molar-refractivity contribution is 14.0. The van der Waals surface area contributed by atoms with Crippen LogP contribution in [0.2, 0.25) is 0 Å². The quantitative estimate of drug-likeness (QED) is 0.290. The Morgan fingerprint density at radius 2 is 2.07 bits per heavy atom. The number of nitrogens with one attached hydrogen (secondary N) is 1. The van der Waals surface area contributed by atoms with Gasteiger partial charge in [0, 0.05) is 38.9 Å². The number of nitrogens with zero attached hydrogens (tertiary/aromatic N) is 4. The number of aliphatic imine (C=N–C) groups is 1. The van der Waals surface area contributed by atoms with Crippen LogP contribution in [-0.2, 0) is 16.1 Å². The molecule has 0 spiro atoms. The van der Waals surface area contributed by atoms with Gasteiger partial charge in [0.05, 0.1) is 19.6 Å². The van der Waals surface area contributed by atoms with Gasteiger partial charge in [-0.2, -0.15) is 0 Å². The van der Waals surface area contributed by atoms with Crippen molar-refractivity contribution in [2.24, 2.45) is 16.8 Å². The standard InChI is InChI=1S/C20H31N5O2.HI/c1-4-21-20(25-13-15(2)17(14-25)19(26)27-3)23-12-16-7-8-18(22-11-16)24-9-5-6-10-24;/h7-8,11,15,17H,4-6,9-10,12-14H2,1-3H3,(H,21,23);1H. The average Bonchev–Trinajstić information content (AvgIpc) is 3.35.